The molecule has 0 spiro atoms. The van der Waals surface area contributed by atoms with Crippen molar-refractivity contribution in [3.05, 3.63) is 76.2 Å². The summed E-state index contributed by atoms with van der Waals surface area (Å²) in [6.07, 6.45) is -1.01. The molecule has 1 heterocycles. The lowest BCUT2D eigenvalue weighted by Gasteiger charge is -2.15. The van der Waals surface area contributed by atoms with Crippen LogP contribution in [0, 0.1) is 5.92 Å². The maximum atomic E-state index is 12.8. The molecule has 1 amide bonds. The minimum Gasteiger partial charge on any atom is -0.448 e. The molecule has 0 unspecified atom stereocenters. The number of benzene rings is 2. The molecule has 0 fully saturated rings. The molecule has 0 aliphatic heterocycles. The fourth-order valence-corrected chi connectivity index (χ4v) is 3.05. The van der Waals surface area contributed by atoms with E-state index in [-0.39, 0.29) is 17.2 Å². The Morgan fingerprint density at radius 1 is 1.00 bits per heavy atom. The lowest BCUT2D eigenvalue weighted by Crippen LogP contribution is -2.36. The van der Waals surface area contributed by atoms with Gasteiger partial charge in [0.1, 0.15) is 0 Å². The molecule has 0 aliphatic carbocycles. The first kappa shape index (κ1) is 21.2. The SMILES string of the molecule is CC(C)Cn1nc(C(=O)O[C@H](C)C(=O)NCc2ccccc2)c2ccccc2c1=O. The molecule has 3 aromatic rings. The minimum absolute atomic E-state index is 0.0218. The third-order valence-corrected chi connectivity index (χ3v) is 4.56. The number of carbonyl (C=O) groups excluding carboxylic acids is 2. The van der Waals surface area contributed by atoms with Crippen molar-refractivity contribution in [2.75, 3.05) is 0 Å². The largest absolute Gasteiger partial charge is 0.448 e. The summed E-state index contributed by atoms with van der Waals surface area (Å²) in [4.78, 5) is 37.8. The molecule has 0 radical (unpaired) electrons. The monoisotopic (exact) mass is 407 g/mol. The van der Waals surface area contributed by atoms with E-state index in [2.05, 4.69) is 10.4 Å². The quantitative estimate of drug-likeness (QED) is 0.608. The maximum Gasteiger partial charge on any atom is 0.360 e. The van der Waals surface area contributed by atoms with Gasteiger partial charge in [-0.15, -0.1) is 0 Å². The summed E-state index contributed by atoms with van der Waals surface area (Å²) in [5, 5.41) is 7.79. The van der Waals surface area contributed by atoms with E-state index in [0.29, 0.717) is 23.9 Å². The van der Waals surface area contributed by atoms with Gasteiger partial charge in [-0.3, -0.25) is 9.59 Å². The van der Waals surface area contributed by atoms with Gasteiger partial charge in [0.15, 0.2) is 11.8 Å². The van der Waals surface area contributed by atoms with Crippen molar-refractivity contribution in [1.82, 2.24) is 15.1 Å². The van der Waals surface area contributed by atoms with E-state index in [9.17, 15) is 14.4 Å². The van der Waals surface area contributed by atoms with E-state index < -0.39 is 18.0 Å². The first-order valence-electron chi connectivity index (χ1n) is 9.89. The van der Waals surface area contributed by atoms with Crippen LogP contribution in [0.1, 0.15) is 36.8 Å². The molecule has 1 N–H and O–H groups in total. The summed E-state index contributed by atoms with van der Waals surface area (Å²) in [6.45, 7) is 6.13. The highest BCUT2D eigenvalue weighted by Gasteiger charge is 2.23. The van der Waals surface area contributed by atoms with Crippen LogP contribution >= 0.6 is 0 Å². The van der Waals surface area contributed by atoms with Crippen LogP contribution < -0.4 is 10.9 Å². The number of hydrogen-bond acceptors (Lipinski definition) is 5. The smallest absolute Gasteiger partial charge is 0.360 e. The zero-order chi connectivity index (χ0) is 21.7. The van der Waals surface area contributed by atoms with Crippen LogP contribution in [-0.2, 0) is 22.6 Å². The van der Waals surface area contributed by atoms with Crippen LogP contribution in [0.25, 0.3) is 10.8 Å². The van der Waals surface area contributed by atoms with Gasteiger partial charge in [-0.1, -0.05) is 62.4 Å². The highest BCUT2D eigenvalue weighted by atomic mass is 16.5. The van der Waals surface area contributed by atoms with Crippen LogP contribution in [0.3, 0.4) is 0 Å². The Kier molecular flexibility index (Phi) is 6.61. The number of esters is 1. The third-order valence-electron chi connectivity index (χ3n) is 4.56. The van der Waals surface area contributed by atoms with Gasteiger partial charge in [0.05, 0.1) is 5.39 Å². The molecule has 0 saturated carbocycles. The Morgan fingerprint density at radius 3 is 2.30 bits per heavy atom. The number of aromatic nitrogens is 2. The molecule has 2 aromatic carbocycles. The van der Waals surface area contributed by atoms with E-state index in [4.69, 9.17) is 4.74 Å². The number of nitrogens with one attached hydrogen (secondary N) is 1. The van der Waals surface area contributed by atoms with Crippen molar-refractivity contribution < 1.29 is 14.3 Å². The highest BCUT2D eigenvalue weighted by molar-refractivity contribution is 6.02. The van der Waals surface area contributed by atoms with E-state index >= 15 is 0 Å². The Labute approximate surface area is 174 Å². The number of carbonyl (C=O) groups is 2. The first-order chi connectivity index (χ1) is 14.4. The Balaban J connectivity index is 1.79. The summed E-state index contributed by atoms with van der Waals surface area (Å²) >= 11 is 0. The van der Waals surface area contributed by atoms with Crippen molar-refractivity contribution in [2.24, 2.45) is 5.92 Å². The summed E-state index contributed by atoms with van der Waals surface area (Å²) in [7, 11) is 0. The van der Waals surface area contributed by atoms with Crippen molar-refractivity contribution in [2.45, 2.75) is 40.0 Å². The molecule has 7 nitrogen and oxygen atoms in total. The van der Waals surface area contributed by atoms with Gasteiger partial charge in [0.2, 0.25) is 0 Å². The van der Waals surface area contributed by atoms with Gasteiger partial charge >= 0.3 is 5.97 Å². The standard InChI is InChI=1S/C23H25N3O4/c1-15(2)14-26-22(28)19-12-8-7-11-18(19)20(25-26)23(29)30-16(3)21(27)24-13-17-9-5-4-6-10-17/h4-12,15-16H,13-14H2,1-3H3,(H,24,27)/t16-/m1/s1. The van der Waals surface area contributed by atoms with Crippen LogP contribution in [-0.4, -0.2) is 27.8 Å². The van der Waals surface area contributed by atoms with Crippen molar-refractivity contribution in [3.63, 3.8) is 0 Å². The van der Waals surface area contributed by atoms with Gasteiger partial charge in [-0.25, -0.2) is 9.48 Å². The lowest BCUT2D eigenvalue weighted by atomic mass is 10.1. The van der Waals surface area contributed by atoms with E-state index in [1.807, 2.05) is 44.2 Å². The molecule has 30 heavy (non-hydrogen) atoms. The zero-order valence-corrected chi connectivity index (χ0v) is 17.3. The normalized spacial score (nSPS) is 12.0. The van der Waals surface area contributed by atoms with Crippen LogP contribution in [0.4, 0.5) is 0 Å². The van der Waals surface area contributed by atoms with Crippen molar-refractivity contribution in [3.8, 4) is 0 Å². The fourth-order valence-electron chi connectivity index (χ4n) is 3.05. The fraction of sp³-hybridized carbons (Fsp3) is 0.304. The molecular weight excluding hydrogens is 382 g/mol. The molecule has 1 aromatic heterocycles. The van der Waals surface area contributed by atoms with Gasteiger partial charge in [-0.05, 0) is 24.5 Å². The molecule has 0 bridgehead atoms. The molecule has 0 aliphatic rings. The Hall–Kier alpha value is -3.48. The summed E-state index contributed by atoms with van der Waals surface area (Å²) in [5.74, 6) is -0.985. The molecule has 1 atom stereocenters. The van der Waals surface area contributed by atoms with Crippen LogP contribution in [0.15, 0.2) is 59.4 Å². The predicted molar refractivity (Wildman–Crippen MR) is 114 cm³/mol. The minimum atomic E-state index is -1.01. The lowest BCUT2D eigenvalue weighted by molar-refractivity contribution is -0.129. The van der Waals surface area contributed by atoms with E-state index in [1.54, 1.807) is 24.3 Å². The predicted octanol–water partition coefficient (Wildman–Crippen LogP) is 2.91. The number of amides is 1. The second kappa shape index (κ2) is 9.35. The second-order valence-electron chi connectivity index (χ2n) is 7.53. The number of fused-ring (bicyclic) bond motifs is 1. The maximum absolute atomic E-state index is 12.8. The van der Waals surface area contributed by atoms with Crippen LogP contribution in [0.5, 0.6) is 0 Å². The number of ether oxygens (including phenoxy) is 1. The zero-order valence-electron chi connectivity index (χ0n) is 17.3. The molecule has 7 heteroatoms. The molecule has 3 rings (SSSR count). The average Bonchev–Trinajstić information content (AvgIpc) is 2.74. The topological polar surface area (TPSA) is 90.3 Å². The number of hydrogen-bond donors (Lipinski definition) is 1. The van der Waals surface area contributed by atoms with Gasteiger partial charge in [0, 0.05) is 18.5 Å². The third kappa shape index (κ3) is 4.92. The molecule has 156 valence electrons. The number of nitrogens with zero attached hydrogens (tertiary/aromatic N) is 2. The highest BCUT2D eigenvalue weighted by Crippen LogP contribution is 2.15. The average molecular weight is 407 g/mol. The molecular formula is C23H25N3O4. The number of rotatable bonds is 7. The summed E-state index contributed by atoms with van der Waals surface area (Å²) in [5.41, 5.74) is 0.705. The van der Waals surface area contributed by atoms with Gasteiger partial charge in [-0.2, -0.15) is 5.10 Å². The Bertz CT molecular complexity index is 1110. The van der Waals surface area contributed by atoms with Crippen molar-refractivity contribution >= 4 is 22.6 Å². The summed E-state index contributed by atoms with van der Waals surface area (Å²) in [6, 6.07) is 16.2. The first-order valence-corrected chi connectivity index (χ1v) is 9.89. The van der Waals surface area contributed by atoms with Crippen molar-refractivity contribution in [1.29, 1.82) is 0 Å². The van der Waals surface area contributed by atoms with Gasteiger partial charge < -0.3 is 10.1 Å². The second-order valence-corrected chi connectivity index (χ2v) is 7.53. The van der Waals surface area contributed by atoms with Gasteiger partial charge in [0.25, 0.3) is 11.5 Å². The van der Waals surface area contributed by atoms with E-state index in [0.717, 1.165) is 5.56 Å². The Morgan fingerprint density at radius 2 is 1.63 bits per heavy atom. The van der Waals surface area contributed by atoms with Crippen LogP contribution in [0.2, 0.25) is 0 Å². The van der Waals surface area contributed by atoms with E-state index in [1.165, 1.54) is 11.6 Å². The molecule has 0 saturated heterocycles. The summed E-state index contributed by atoms with van der Waals surface area (Å²) < 4.78 is 6.65.